The zero-order valence-electron chi connectivity index (χ0n) is 15.9. The third-order valence-electron chi connectivity index (χ3n) is 5.57. The summed E-state index contributed by atoms with van der Waals surface area (Å²) < 4.78 is 11.4. The molecule has 0 N–H and O–H groups in total. The van der Waals surface area contributed by atoms with Crippen LogP contribution in [-0.4, -0.2) is 67.2 Å². The Morgan fingerprint density at radius 2 is 1.85 bits per heavy atom. The first kappa shape index (κ1) is 19.3. The van der Waals surface area contributed by atoms with Crippen molar-refractivity contribution >= 4 is 5.91 Å². The van der Waals surface area contributed by atoms with Crippen molar-refractivity contribution in [3.8, 4) is 0 Å². The van der Waals surface area contributed by atoms with Gasteiger partial charge in [-0.1, -0.05) is 30.3 Å². The van der Waals surface area contributed by atoms with E-state index in [1.807, 2.05) is 23.1 Å². The second-order valence-corrected chi connectivity index (χ2v) is 7.41. The minimum atomic E-state index is 0.270. The highest BCUT2D eigenvalue weighted by Gasteiger charge is 2.24. The third-order valence-corrected chi connectivity index (χ3v) is 5.57. The smallest absolute Gasteiger partial charge is 0.222 e. The van der Waals surface area contributed by atoms with Crippen LogP contribution in [0.5, 0.6) is 0 Å². The van der Waals surface area contributed by atoms with Gasteiger partial charge in [0, 0.05) is 38.6 Å². The van der Waals surface area contributed by atoms with Gasteiger partial charge in [-0.05, 0) is 31.7 Å². The van der Waals surface area contributed by atoms with E-state index in [0.29, 0.717) is 25.0 Å². The molecule has 5 nitrogen and oxygen atoms in total. The Bertz CT molecular complexity index is 537. The molecular formula is C21H32N2O3. The number of ether oxygens (including phenoxy) is 2. The summed E-state index contributed by atoms with van der Waals surface area (Å²) in [4.78, 5) is 17.0. The Kier molecular flexibility index (Phi) is 7.47. The number of morpholine rings is 1. The average Bonchev–Trinajstić information content (AvgIpc) is 2.72. The highest BCUT2D eigenvalue weighted by atomic mass is 16.5. The van der Waals surface area contributed by atoms with Crippen LogP contribution in [-0.2, 0) is 20.9 Å². The van der Waals surface area contributed by atoms with Crippen molar-refractivity contribution in [3.63, 3.8) is 0 Å². The minimum Gasteiger partial charge on any atom is -0.379 e. The quantitative estimate of drug-likeness (QED) is 0.750. The monoisotopic (exact) mass is 360 g/mol. The molecule has 2 fully saturated rings. The van der Waals surface area contributed by atoms with Gasteiger partial charge in [0.1, 0.15) is 0 Å². The predicted octanol–water partition coefficient (Wildman–Crippen LogP) is 2.70. The molecule has 5 heteroatoms. The fourth-order valence-corrected chi connectivity index (χ4v) is 3.75. The van der Waals surface area contributed by atoms with E-state index in [1.54, 1.807) is 0 Å². The van der Waals surface area contributed by atoms with Crippen molar-refractivity contribution in [3.05, 3.63) is 35.9 Å². The van der Waals surface area contributed by atoms with E-state index in [-0.39, 0.29) is 6.10 Å². The summed E-state index contributed by atoms with van der Waals surface area (Å²) in [5.74, 6) is 0.298. The summed E-state index contributed by atoms with van der Waals surface area (Å²) in [5.41, 5.74) is 1.21. The van der Waals surface area contributed by atoms with Crippen molar-refractivity contribution in [2.24, 2.45) is 0 Å². The zero-order chi connectivity index (χ0) is 18.2. The molecular weight excluding hydrogens is 328 g/mol. The van der Waals surface area contributed by atoms with Crippen LogP contribution in [0.25, 0.3) is 0 Å². The molecule has 1 amide bonds. The lowest BCUT2D eigenvalue weighted by Crippen LogP contribution is -2.44. The number of hydrogen-bond donors (Lipinski definition) is 0. The normalized spacial score (nSPS) is 20.9. The van der Waals surface area contributed by atoms with Crippen LogP contribution in [0, 0.1) is 0 Å². The van der Waals surface area contributed by atoms with E-state index in [1.165, 1.54) is 5.56 Å². The van der Waals surface area contributed by atoms with Gasteiger partial charge < -0.3 is 14.4 Å². The summed E-state index contributed by atoms with van der Waals surface area (Å²) in [6, 6.07) is 10.7. The number of hydrogen-bond acceptors (Lipinski definition) is 4. The van der Waals surface area contributed by atoms with E-state index >= 15 is 0 Å². The molecule has 1 atom stereocenters. The summed E-state index contributed by atoms with van der Waals surface area (Å²) in [5, 5.41) is 0. The average molecular weight is 360 g/mol. The minimum absolute atomic E-state index is 0.270. The number of likely N-dealkylation sites (tertiary alicyclic amines) is 1. The molecule has 2 aliphatic rings. The Labute approximate surface area is 157 Å². The lowest BCUT2D eigenvalue weighted by Gasteiger charge is -2.34. The highest BCUT2D eigenvalue weighted by molar-refractivity contribution is 5.76. The second kappa shape index (κ2) is 10.0. The molecule has 0 saturated carbocycles. The molecule has 26 heavy (non-hydrogen) atoms. The molecule has 3 rings (SSSR count). The third kappa shape index (κ3) is 5.79. The highest BCUT2D eigenvalue weighted by Crippen LogP contribution is 2.18. The van der Waals surface area contributed by atoms with Crippen LogP contribution in [0.2, 0.25) is 0 Å². The van der Waals surface area contributed by atoms with Gasteiger partial charge in [-0.2, -0.15) is 0 Å². The molecule has 2 heterocycles. The van der Waals surface area contributed by atoms with Gasteiger partial charge in [-0.15, -0.1) is 0 Å². The summed E-state index contributed by atoms with van der Waals surface area (Å²) in [6.07, 6.45) is 3.73. The Morgan fingerprint density at radius 3 is 2.54 bits per heavy atom. The Morgan fingerprint density at radius 1 is 1.15 bits per heavy atom. The maximum atomic E-state index is 12.5. The molecule has 2 aliphatic heterocycles. The van der Waals surface area contributed by atoms with Crippen LogP contribution < -0.4 is 0 Å². The number of rotatable bonds is 7. The summed E-state index contributed by atoms with van der Waals surface area (Å²) in [7, 11) is 0. The second-order valence-electron chi connectivity index (χ2n) is 7.41. The molecule has 2 saturated heterocycles. The molecule has 0 aliphatic carbocycles. The standard InChI is InChI=1S/C21H32N2O3/c1-18(22-13-15-25-16-14-22)7-8-21(24)23-11-9-20(10-12-23)26-17-19-5-3-2-4-6-19/h2-6,18,20H,7-17H2,1H3. The number of carbonyl (C=O) groups excluding carboxylic acids is 1. The molecule has 0 bridgehead atoms. The van der Waals surface area contributed by atoms with Crippen molar-refractivity contribution in [1.29, 1.82) is 0 Å². The first-order valence-corrected chi connectivity index (χ1v) is 9.97. The van der Waals surface area contributed by atoms with Crippen LogP contribution in [0.15, 0.2) is 30.3 Å². The number of piperidine rings is 1. The van der Waals surface area contributed by atoms with E-state index in [4.69, 9.17) is 9.47 Å². The maximum absolute atomic E-state index is 12.5. The van der Waals surface area contributed by atoms with E-state index in [2.05, 4.69) is 24.0 Å². The zero-order valence-corrected chi connectivity index (χ0v) is 15.9. The molecule has 144 valence electrons. The van der Waals surface area contributed by atoms with Crippen molar-refractivity contribution in [2.75, 3.05) is 39.4 Å². The first-order chi connectivity index (χ1) is 12.7. The Hall–Kier alpha value is -1.43. The SMILES string of the molecule is CC(CCC(=O)N1CCC(OCc2ccccc2)CC1)N1CCOCC1. The summed E-state index contributed by atoms with van der Waals surface area (Å²) >= 11 is 0. The van der Waals surface area contributed by atoms with Crippen molar-refractivity contribution < 1.29 is 14.3 Å². The van der Waals surface area contributed by atoms with Crippen LogP contribution in [0.4, 0.5) is 0 Å². The molecule has 1 unspecified atom stereocenters. The van der Waals surface area contributed by atoms with Gasteiger partial charge in [0.15, 0.2) is 0 Å². The molecule has 1 aromatic rings. The Balaban J connectivity index is 1.32. The summed E-state index contributed by atoms with van der Waals surface area (Å²) in [6.45, 7) is 8.13. The topological polar surface area (TPSA) is 42.0 Å². The van der Waals surface area contributed by atoms with Gasteiger partial charge in [-0.3, -0.25) is 9.69 Å². The number of carbonyl (C=O) groups is 1. The lowest BCUT2D eigenvalue weighted by molar-refractivity contribution is -0.134. The molecule has 0 aromatic heterocycles. The molecule has 1 aromatic carbocycles. The van der Waals surface area contributed by atoms with Gasteiger partial charge >= 0.3 is 0 Å². The van der Waals surface area contributed by atoms with E-state index in [9.17, 15) is 4.79 Å². The largest absolute Gasteiger partial charge is 0.379 e. The number of benzene rings is 1. The van der Waals surface area contributed by atoms with Crippen molar-refractivity contribution in [1.82, 2.24) is 9.80 Å². The van der Waals surface area contributed by atoms with Gasteiger partial charge in [0.2, 0.25) is 5.91 Å². The molecule has 0 radical (unpaired) electrons. The lowest BCUT2D eigenvalue weighted by atomic mass is 10.1. The van der Waals surface area contributed by atoms with Crippen LogP contribution in [0.3, 0.4) is 0 Å². The van der Waals surface area contributed by atoms with Crippen LogP contribution in [0.1, 0.15) is 38.2 Å². The maximum Gasteiger partial charge on any atom is 0.222 e. The van der Waals surface area contributed by atoms with Gasteiger partial charge in [0.05, 0.1) is 25.9 Å². The number of nitrogens with zero attached hydrogens (tertiary/aromatic N) is 2. The van der Waals surface area contributed by atoms with Gasteiger partial charge in [-0.25, -0.2) is 0 Å². The fourth-order valence-electron chi connectivity index (χ4n) is 3.75. The van der Waals surface area contributed by atoms with Crippen molar-refractivity contribution in [2.45, 2.75) is 51.4 Å². The van der Waals surface area contributed by atoms with E-state index < -0.39 is 0 Å². The predicted molar refractivity (Wildman–Crippen MR) is 102 cm³/mol. The number of amides is 1. The fraction of sp³-hybridized carbons (Fsp3) is 0.667. The molecule has 0 spiro atoms. The van der Waals surface area contributed by atoms with Gasteiger partial charge in [0.25, 0.3) is 0 Å². The first-order valence-electron chi connectivity index (χ1n) is 9.97. The van der Waals surface area contributed by atoms with Crippen LogP contribution >= 0.6 is 0 Å². The van der Waals surface area contributed by atoms with E-state index in [0.717, 1.165) is 58.7 Å².